The number of guanidine groups is 1. The monoisotopic (exact) mass is 459 g/mol. The van der Waals surface area contributed by atoms with Crippen molar-refractivity contribution in [2.45, 2.75) is 25.0 Å². The van der Waals surface area contributed by atoms with Crippen LogP contribution in [0.5, 0.6) is 5.75 Å². The highest BCUT2D eigenvalue weighted by Crippen LogP contribution is 2.31. The van der Waals surface area contributed by atoms with E-state index in [-0.39, 0.29) is 36.6 Å². The first-order valence-electron chi connectivity index (χ1n) is 7.59. The van der Waals surface area contributed by atoms with Gasteiger partial charge in [0.15, 0.2) is 5.96 Å². The summed E-state index contributed by atoms with van der Waals surface area (Å²) in [6.45, 7) is 2.61. The van der Waals surface area contributed by atoms with E-state index in [9.17, 15) is 5.11 Å². The molecule has 0 fully saturated rings. The third-order valence-electron chi connectivity index (χ3n) is 3.98. The van der Waals surface area contributed by atoms with Gasteiger partial charge in [0.05, 0.1) is 19.2 Å². The molecule has 3 rings (SSSR count). The number of hydrogen-bond acceptors (Lipinski definition) is 4. The molecule has 4 N–H and O–H groups in total. The molecule has 2 aromatic rings. The second-order valence-corrected chi connectivity index (χ2v) is 6.64. The lowest BCUT2D eigenvalue weighted by Gasteiger charge is -2.27. The van der Waals surface area contributed by atoms with Crippen molar-refractivity contribution >= 4 is 41.3 Å². The average molecular weight is 459 g/mol. The van der Waals surface area contributed by atoms with Gasteiger partial charge in [0.2, 0.25) is 0 Å². The van der Waals surface area contributed by atoms with Gasteiger partial charge in [0.1, 0.15) is 11.4 Å². The van der Waals surface area contributed by atoms with Gasteiger partial charge in [0.25, 0.3) is 0 Å². The van der Waals surface area contributed by atoms with Crippen LogP contribution in [0.15, 0.2) is 46.1 Å². The Bertz CT molecular complexity index is 689. The Kier molecular flexibility index (Phi) is 6.47. The third-order valence-corrected chi connectivity index (χ3v) is 4.66. The molecule has 1 aromatic carbocycles. The summed E-state index contributed by atoms with van der Waals surface area (Å²) >= 11 is 1.55. The Hall–Kier alpha value is -1.32. The topological polar surface area (TPSA) is 79.9 Å². The van der Waals surface area contributed by atoms with Crippen molar-refractivity contribution in [3.05, 3.63) is 52.2 Å². The highest BCUT2D eigenvalue weighted by atomic mass is 127. The second-order valence-electron chi connectivity index (χ2n) is 5.86. The second kappa shape index (κ2) is 8.17. The third kappa shape index (κ3) is 4.40. The average Bonchev–Trinajstić information content (AvgIpc) is 3.09. The van der Waals surface area contributed by atoms with Crippen LogP contribution in [0.3, 0.4) is 0 Å². The number of nitrogens with zero attached hydrogens (tertiary/aromatic N) is 1. The fourth-order valence-electron chi connectivity index (χ4n) is 2.62. The van der Waals surface area contributed by atoms with E-state index in [1.54, 1.807) is 18.3 Å². The summed E-state index contributed by atoms with van der Waals surface area (Å²) in [7, 11) is 0. The smallest absolute Gasteiger partial charge is 0.189 e. The predicted molar refractivity (Wildman–Crippen MR) is 108 cm³/mol. The van der Waals surface area contributed by atoms with Crippen molar-refractivity contribution in [1.82, 2.24) is 5.32 Å². The van der Waals surface area contributed by atoms with Crippen LogP contribution >= 0.6 is 35.3 Å². The molecule has 0 bridgehead atoms. The maximum Gasteiger partial charge on any atom is 0.189 e. The van der Waals surface area contributed by atoms with Gasteiger partial charge < -0.3 is 20.9 Å². The number of rotatable bonds is 4. The number of fused-ring (bicyclic) bond motifs is 1. The van der Waals surface area contributed by atoms with Gasteiger partial charge in [-0.3, -0.25) is 4.99 Å². The van der Waals surface area contributed by atoms with Crippen LogP contribution in [0.25, 0.3) is 0 Å². The van der Waals surface area contributed by atoms with Gasteiger partial charge in [-0.2, -0.15) is 11.3 Å². The molecular weight excluding hydrogens is 437 g/mol. The summed E-state index contributed by atoms with van der Waals surface area (Å²) in [5, 5.41) is 17.6. The Morgan fingerprint density at radius 1 is 1.46 bits per heavy atom. The Balaban J connectivity index is 0.00000208. The largest absolute Gasteiger partial charge is 0.493 e. The van der Waals surface area contributed by atoms with Gasteiger partial charge in [-0.1, -0.05) is 18.2 Å². The molecule has 1 aliphatic heterocycles. The lowest BCUT2D eigenvalue weighted by Crippen LogP contribution is -2.38. The first kappa shape index (κ1) is 19.0. The van der Waals surface area contributed by atoms with Crippen LogP contribution in [0.4, 0.5) is 0 Å². The summed E-state index contributed by atoms with van der Waals surface area (Å²) in [6.07, 6.45) is 0.828. The molecular formula is C17H22IN3O2S. The molecule has 2 heterocycles. The Morgan fingerprint density at radius 2 is 2.25 bits per heavy atom. The number of hydrogen-bond donors (Lipinski definition) is 3. The molecule has 24 heavy (non-hydrogen) atoms. The number of benzene rings is 1. The molecule has 5 nitrogen and oxygen atoms in total. The zero-order valence-electron chi connectivity index (χ0n) is 13.4. The van der Waals surface area contributed by atoms with Crippen molar-refractivity contribution in [2.24, 2.45) is 10.7 Å². The number of thiophene rings is 1. The standard InChI is InChI=1S/C17H21N3O2S.HI/c1-17(21,12-7-9-23-10-12)11-19-16(18)20-14-6-8-22-15-5-3-2-4-13(14)15;/h2-5,7,9-10,14,21H,6,8,11H2,1H3,(H3,18,19,20);1H. The molecule has 0 amide bonds. The van der Waals surface area contributed by atoms with E-state index in [0.717, 1.165) is 23.3 Å². The first-order valence-corrected chi connectivity index (χ1v) is 8.54. The number of nitrogens with one attached hydrogen (secondary N) is 1. The van der Waals surface area contributed by atoms with Gasteiger partial charge >= 0.3 is 0 Å². The van der Waals surface area contributed by atoms with Crippen molar-refractivity contribution in [3.8, 4) is 5.75 Å². The van der Waals surface area contributed by atoms with E-state index >= 15 is 0 Å². The molecule has 130 valence electrons. The van der Waals surface area contributed by atoms with Crippen LogP contribution in [0.1, 0.15) is 30.5 Å². The number of aliphatic imine (C=N–C) groups is 1. The van der Waals surface area contributed by atoms with Crippen molar-refractivity contribution in [1.29, 1.82) is 0 Å². The molecule has 0 aliphatic carbocycles. The predicted octanol–water partition coefficient (Wildman–Crippen LogP) is 3.00. The molecule has 1 aliphatic rings. The Morgan fingerprint density at radius 3 is 3.00 bits per heavy atom. The van der Waals surface area contributed by atoms with Crippen LogP contribution in [-0.4, -0.2) is 24.2 Å². The van der Waals surface area contributed by atoms with Gasteiger partial charge in [-0.05, 0) is 35.4 Å². The molecule has 7 heteroatoms. The molecule has 0 saturated heterocycles. The number of ether oxygens (including phenoxy) is 1. The molecule has 0 spiro atoms. The number of para-hydroxylation sites is 1. The lowest BCUT2D eigenvalue weighted by atomic mass is 10.00. The summed E-state index contributed by atoms with van der Waals surface area (Å²) < 4.78 is 5.64. The van der Waals surface area contributed by atoms with Gasteiger partial charge in [0, 0.05) is 12.0 Å². The fourth-order valence-corrected chi connectivity index (χ4v) is 3.40. The normalized spacial score (nSPS) is 19.4. The van der Waals surface area contributed by atoms with E-state index in [1.807, 2.05) is 41.1 Å². The van der Waals surface area contributed by atoms with Gasteiger partial charge in [-0.25, -0.2) is 0 Å². The van der Waals surface area contributed by atoms with E-state index < -0.39 is 5.60 Å². The van der Waals surface area contributed by atoms with E-state index in [2.05, 4.69) is 10.3 Å². The number of nitrogens with two attached hydrogens (primary N) is 1. The summed E-state index contributed by atoms with van der Waals surface area (Å²) in [4.78, 5) is 4.32. The van der Waals surface area contributed by atoms with Crippen molar-refractivity contribution in [2.75, 3.05) is 13.2 Å². The molecule has 2 atom stereocenters. The van der Waals surface area contributed by atoms with Crippen LogP contribution < -0.4 is 15.8 Å². The Labute approximate surface area is 163 Å². The summed E-state index contributed by atoms with van der Waals surface area (Å²) in [6, 6.07) is 9.90. The highest BCUT2D eigenvalue weighted by Gasteiger charge is 2.24. The maximum atomic E-state index is 10.5. The summed E-state index contributed by atoms with van der Waals surface area (Å²) in [5.41, 5.74) is 6.94. The zero-order valence-corrected chi connectivity index (χ0v) is 16.6. The van der Waals surface area contributed by atoms with E-state index in [1.165, 1.54) is 0 Å². The van der Waals surface area contributed by atoms with Gasteiger partial charge in [-0.15, -0.1) is 24.0 Å². The van der Waals surface area contributed by atoms with Crippen molar-refractivity contribution in [3.63, 3.8) is 0 Å². The number of aliphatic hydroxyl groups is 1. The minimum Gasteiger partial charge on any atom is -0.493 e. The SMILES string of the molecule is CC(O)(CN=C(N)NC1CCOc2ccccc21)c1ccsc1.I. The fraction of sp³-hybridized carbons (Fsp3) is 0.353. The molecule has 0 radical (unpaired) electrons. The van der Waals surface area contributed by atoms with E-state index in [0.29, 0.717) is 12.6 Å². The summed E-state index contributed by atoms with van der Waals surface area (Å²) in [5.74, 6) is 1.22. The first-order chi connectivity index (χ1) is 11.1. The number of halogens is 1. The quantitative estimate of drug-likeness (QED) is 0.373. The highest BCUT2D eigenvalue weighted by molar-refractivity contribution is 14.0. The molecule has 1 aromatic heterocycles. The van der Waals surface area contributed by atoms with Crippen LogP contribution in [0.2, 0.25) is 0 Å². The van der Waals surface area contributed by atoms with Crippen LogP contribution in [0, 0.1) is 0 Å². The van der Waals surface area contributed by atoms with Crippen LogP contribution in [-0.2, 0) is 5.60 Å². The minimum atomic E-state index is -1.01. The molecule has 0 saturated carbocycles. The lowest BCUT2D eigenvalue weighted by molar-refractivity contribution is 0.0677. The van der Waals surface area contributed by atoms with E-state index in [4.69, 9.17) is 10.5 Å². The zero-order chi connectivity index (χ0) is 16.3. The van der Waals surface area contributed by atoms with Crippen molar-refractivity contribution < 1.29 is 9.84 Å². The molecule has 2 unspecified atom stereocenters. The minimum absolute atomic E-state index is 0. The maximum absolute atomic E-state index is 10.5.